The topological polar surface area (TPSA) is 118 Å². The number of fused-ring (bicyclic) bond motifs is 1. The summed E-state index contributed by atoms with van der Waals surface area (Å²) in [6.07, 6.45) is 3.98. The van der Waals surface area contributed by atoms with Crippen LogP contribution in [0.5, 0.6) is 23.0 Å². The van der Waals surface area contributed by atoms with Crippen LogP contribution in [0.25, 0.3) is 0 Å². The molecule has 3 heterocycles. The molecule has 12 nitrogen and oxygen atoms in total. The Kier molecular flexibility index (Phi) is 15.3. The first-order chi connectivity index (χ1) is 30.0. The number of carbonyl (C=O) groups excluding carboxylic acids is 1. The van der Waals surface area contributed by atoms with Gasteiger partial charge in [0.25, 0.3) is 0 Å². The monoisotopic (exact) mass is 872 g/mol. The van der Waals surface area contributed by atoms with Crippen LogP contribution in [0.15, 0.2) is 97.1 Å². The Balaban J connectivity index is 1.24. The van der Waals surface area contributed by atoms with Gasteiger partial charge in [-0.05, 0) is 60.4 Å². The van der Waals surface area contributed by atoms with Crippen molar-refractivity contribution in [1.82, 2.24) is 9.80 Å². The molecular weight excluding hydrogens is 808 g/mol. The van der Waals surface area contributed by atoms with Gasteiger partial charge in [-0.25, -0.2) is 0 Å². The zero-order valence-electron chi connectivity index (χ0n) is 37.1. The predicted octanol–water partition coefficient (Wildman–Crippen LogP) is 10.2. The molecule has 0 aromatic heterocycles. The molecule has 0 radical (unpaired) electrons. The Labute approximate surface area is 367 Å². The quantitative estimate of drug-likeness (QED) is 0.0641. The number of carbonyl (C=O) groups is 1. The maximum atomic E-state index is 15.6. The van der Waals surface area contributed by atoms with Gasteiger partial charge in [0.15, 0.2) is 0 Å². The SMILES string of the molecule is CCCCOc1ccc(CN2C(=O)N(Cc3ccc(OCCCC)cc3)[C@H](Cc3ccc(OC[PH]4(OCC)OC(C)O4)cc3)[C@@H]3OC(C)(C)O[C@H]3[C@H]2Cc2ccc(O)cc2)cc1. The number of nitrogens with zero attached hydrogens (tertiary/aromatic N) is 2. The molecule has 4 atom stereocenters. The number of urea groups is 1. The van der Waals surface area contributed by atoms with Crippen molar-refractivity contribution in [3.05, 3.63) is 119 Å². The normalized spacial score (nSPS) is 23.3. The number of phenolic OH excluding ortho intramolecular Hbond substituents is 1. The van der Waals surface area contributed by atoms with Crippen LogP contribution in [-0.2, 0) is 49.0 Å². The number of hydrogen-bond acceptors (Lipinski definition) is 10. The molecule has 4 aromatic carbocycles. The van der Waals surface area contributed by atoms with Crippen LogP contribution in [-0.4, -0.2) is 83.5 Å². The van der Waals surface area contributed by atoms with E-state index in [0.29, 0.717) is 51.5 Å². The molecule has 7 rings (SSSR count). The molecule has 3 aliphatic rings. The number of unbranched alkanes of at least 4 members (excludes halogenated alkanes) is 2. The van der Waals surface area contributed by atoms with Gasteiger partial charge in [0.05, 0.1) is 13.2 Å². The van der Waals surface area contributed by atoms with Crippen LogP contribution in [0, 0.1) is 0 Å². The molecule has 13 heteroatoms. The van der Waals surface area contributed by atoms with E-state index in [1.165, 1.54) is 0 Å². The predicted molar refractivity (Wildman–Crippen MR) is 241 cm³/mol. The van der Waals surface area contributed by atoms with Crippen LogP contribution in [0.4, 0.5) is 4.79 Å². The van der Waals surface area contributed by atoms with Crippen molar-refractivity contribution >= 4 is 14.0 Å². The average molecular weight is 873 g/mol. The van der Waals surface area contributed by atoms with Gasteiger partial charge in [-0.1, -0.05) is 51.0 Å². The molecule has 0 unspecified atom stereocenters. The van der Waals surface area contributed by atoms with Gasteiger partial charge in [-0.2, -0.15) is 0 Å². The van der Waals surface area contributed by atoms with Crippen LogP contribution in [0.3, 0.4) is 0 Å². The van der Waals surface area contributed by atoms with Gasteiger partial charge in [0.2, 0.25) is 0 Å². The molecular formula is C49H65N2O10P. The van der Waals surface area contributed by atoms with Crippen molar-refractivity contribution < 1.29 is 47.2 Å². The van der Waals surface area contributed by atoms with E-state index < -0.39 is 38.0 Å². The molecule has 0 saturated carbocycles. The third-order valence-corrected chi connectivity index (χ3v) is 14.1. The maximum absolute atomic E-state index is 15.6. The summed E-state index contributed by atoms with van der Waals surface area (Å²) in [7, 11) is -2.85. The van der Waals surface area contributed by atoms with E-state index in [1.807, 2.05) is 122 Å². The summed E-state index contributed by atoms with van der Waals surface area (Å²) >= 11 is 0. The fourth-order valence-corrected chi connectivity index (χ4v) is 10.6. The summed E-state index contributed by atoms with van der Waals surface area (Å²) in [5.74, 6) is 1.53. The third kappa shape index (κ3) is 11.6. The van der Waals surface area contributed by atoms with Gasteiger partial charge in [-0.15, -0.1) is 0 Å². The minimum atomic E-state index is -2.85. The molecule has 0 bridgehead atoms. The molecule has 3 saturated heterocycles. The summed E-state index contributed by atoms with van der Waals surface area (Å²) in [5, 5.41) is 10.2. The number of phenols is 1. The second-order valence-electron chi connectivity index (χ2n) is 16.9. The Hall–Kier alpha value is -4.42. The van der Waals surface area contributed by atoms with Gasteiger partial charge in [0, 0.05) is 0 Å². The van der Waals surface area contributed by atoms with Crippen molar-refractivity contribution in [3.63, 3.8) is 0 Å². The summed E-state index contributed by atoms with van der Waals surface area (Å²) in [4.78, 5) is 19.6. The first-order valence-corrected chi connectivity index (χ1v) is 24.3. The first-order valence-electron chi connectivity index (χ1n) is 22.3. The van der Waals surface area contributed by atoms with Gasteiger partial charge in [0.1, 0.15) is 17.2 Å². The minimum Gasteiger partial charge on any atom is -0.508 e. The Bertz CT molecular complexity index is 2000. The molecule has 62 heavy (non-hydrogen) atoms. The van der Waals surface area contributed by atoms with Gasteiger partial charge in [-0.3, -0.25) is 0 Å². The first kappa shape index (κ1) is 45.6. The van der Waals surface area contributed by atoms with E-state index >= 15 is 4.79 Å². The second kappa shape index (κ2) is 20.8. The summed E-state index contributed by atoms with van der Waals surface area (Å²) < 4.78 is 49.6. The number of ether oxygens (including phenoxy) is 5. The van der Waals surface area contributed by atoms with E-state index in [1.54, 1.807) is 12.1 Å². The van der Waals surface area contributed by atoms with Crippen LogP contribution >= 0.6 is 7.94 Å². The van der Waals surface area contributed by atoms with Crippen LogP contribution in [0.1, 0.15) is 89.5 Å². The molecule has 0 aliphatic carbocycles. The summed E-state index contributed by atoms with van der Waals surface area (Å²) in [5.41, 5.74) is 3.92. The number of aromatic hydroxyl groups is 1. The summed E-state index contributed by atoms with van der Waals surface area (Å²) in [6.45, 7) is 14.4. The number of amides is 2. The summed E-state index contributed by atoms with van der Waals surface area (Å²) in [6, 6.07) is 30.3. The van der Waals surface area contributed by atoms with Crippen molar-refractivity contribution in [3.8, 4) is 23.0 Å². The van der Waals surface area contributed by atoms with Crippen LogP contribution < -0.4 is 14.2 Å². The molecule has 4 aromatic rings. The van der Waals surface area contributed by atoms with E-state index in [2.05, 4.69) is 13.8 Å². The molecule has 336 valence electrons. The minimum absolute atomic E-state index is 0.120. The Morgan fingerprint density at radius 3 is 1.47 bits per heavy atom. The molecule has 3 aliphatic heterocycles. The van der Waals surface area contributed by atoms with E-state index in [4.69, 9.17) is 37.3 Å². The van der Waals surface area contributed by atoms with E-state index in [9.17, 15) is 5.11 Å². The number of benzene rings is 4. The van der Waals surface area contributed by atoms with E-state index in [0.717, 1.165) is 59.4 Å². The van der Waals surface area contributed by atoms with Crippen molar-refractivity contribution in [2.24, 2.45) is 0 Å². The van der Waals surface area contributed by atoms with E-state index in [-0.39, 0.29) is 24.4 Å². The molecule has 2 amide bonds. The van der Waals surface area contributed by atoms with Gasteiger partial charge < -0.3 is 14.6 Å². The Morgan fingerprint density at radius 1 is 0.629 bits per heavy atom. The smallest absolute Gasteiger partial charge is 0.508 e. The third-order valence-electron chi connectivity index (χ3n) is 11.5. The number of rotatable bonds is 21. The second-order valence-corrected chi connectivity index (χ2v) is 19.3. The zero-order valence-corrected chi connectivity index (χ0v) is 38.1. The fourth-order valence-electron chi connectivity index (χ4n) is 8.40. The zero-order chi connectivity index (χ0) is 43.7. The van der Waals surface area contributed by atoms with Crippen molar-refractivity contribution in [2.45, 2.75) is 130 Å². The molecule has 3 fully saturated rings. The fraction of sp³-hybridized carbons (Fsp3) is 0.490. The standard InChI is InChI=1S/C49H65N2O10P/c1-7-10-28-54-41-24-16-38(17-25-41)32-50-44(30-36-12-20-40(52)21-13-36)46-47(59-49(5,6)58-46)45(51(48(50)53)33-39-18-26-42(27-19-39)55-29-11-8-2)31-37-14-22-43(23-15-37)56-34-62(57-9-3)60-35(4)61-62/h12-27,35,44-47,52,62H,7-11,28-34H2,1-6H3/t44-,45-,46+,47+/m1/s1. The van der Waals surface area contributed by atoms with Crippen molar-refractivity contribution in [2.75, 3.05) is 26.2 Å². The van der Waals surface area contributed by atoms with Gasteiger partial charge >= 0.3 is 213 Å². The molecule has 0 spiro atoms. The van der Waals surface area contributed by atoms with Crippen molar-refractivity contribution in [1.29, 1.82) is 0 Å². The average Bonchev–Trinajstić information content (AvgIpc) is 3.55. The van der Waals surface area contributed by atoms with Crippen LogP contribution in [0.2, 0.25) is 0 Å². The Morgan fingerprint density at radius 2 is 1.05 bits per heavy atom. The number of hydrogen-bond donors (Lipinski definition) is 1. The molecule has 1 N–H and O–H groups in total.